The second kappa shape index (κ2) is 8.18. The van der Waals surface area contributed by atoms with Gasteiger partial charge in [0.05, 0.1) is 10.8 Å². The number of ether oxygens (including phenoxy) is 1. The molecule has 0 heterocycles. The van der Waals surface area contributed by atoms with E-state index >= 15 is 0 Å². The standard InChI is InChI=1S/C18H26N2O5S/c1-5-20(6-2)26(23,24)16-10-14(8-7-12(16)3)19-17(21)11-25-18(22)15-9-13(15)4/h7-8,10,13,15H,5-6,9,11H2,1-4H3,(H,19,21)/t13-,15-/m1/s1. The van der Waals surface area contributed by atoms with Gasteiger partial charge in [0.15, 0.2) is 6.61 Å². The molecule has 1 aromatic rings. The number of nitrogens with zero attached hydrogens (tertiary/aromatic N) is 1. The fraction of sp³-hybridized carbons (Fsp3) is 0.556. The van der Waals surface area contributed by atoms with Gasteiger partial charge >= 0.3 is 5.97 Å². The van der Waals surface area contributed by atoms with Crippen molar-refractivity contribution in [3.8, 4) is 0 Å². The third-order valence-electron chi connectivity index (χ3n) is 4.55. The molecule has 1 amide bonds. The highest BCUT2D eigenvalue weighted by atomic mass is 32.2. The van der Waals surface area contributed by atoms with Crippen molar-refractivity contribution in [1.82, 2.24) is 4.31 Å². The lowest BCUT2D eigenvalue weighted by molar-refractivity contribution is -0.148. The average molecular weight is 382 g/mol. The largest absolute Gasteiger partial charge is 0.455 e. The van der Waals surface area contributed by atoms with E-state index in [9.17, 15) is 18.0 Å². The van der Waals surface area contributed by atoms with Crippen molar-refractivity contribution >= 4 is 27.6 Å². The molecule has 2 atom stereocenters. The Morgan fingerprint density at radius 3 is 2.42 bits per heavy atom. The number of amides is 1. The molecule has 0 aliphatic heterocycles. The first-order valence-corrected chi connectivity index (χ1v) is 10.2. The molecule has 144 valence electrons. The van der Waals surface area contributed by atoms with E-state index in [0.29, 0.717) is 30.3 Å². The number of anilines is 1. The molecule has 0 aromatic heterocycles. The Morgan fingerprint density at radius 2 is 1.88 bits per heavy atom. The smallest absolute Gasteiger partial charge is 0.309 e. The fourth-order valence-corrected chi connectivity index (χ4v) is 4.46. The molecular weight excluding hydrogens is 356 g/mol. The van der Waals surface area contributed by atoms with Crippen LogP contribution in [-0.4, -0.2) is 44.3 Å². The van der Waals surface area contributed by atoms with Crippen molar-refractivity contribution < 1.29 is 22.7 Å². The normalized spacial score (nSPS) is 19.3. The Labute approximate surface area is 154 Å². The number of esters is 1. The molecule has 1 fully saturated rings. The van der Waals surface area contributed by atoms with Gasteiger partial charge in [0.2, 0.25) is 10.0 Å². The lowest BCUT2D eigenvalue weighted by atomic mass is 10.2. The monoisotopic (exact) mass is 382 g/mol. The predicted molar refractivity (Wildman–Crippen MR) is 98.1 cm³/mol. The summed E-state index contributed by atoms with van der Waals surface area (Å²) in [5, 5.41) is 2.58. The number of benzene rings is 1. The topological polar surface area (TPSA) is 92.8 Å². The highest BCUT2D eigenvalue weighted by Crippen LogP contribution is 2.38. The molecule has 0 bridgehead atoms. The van der Waals surface area contributed by atoms with Crippen molar-refractivity contribution in [2.45, 2.75) is 39.0 Å². The van der Waals surface area contributed by atoms with Crippen molar-refractivity contribution in [3.05, 3.63) is 23.8 Å². The van der Waals surface area contributed by atoms with Gasteiger partial charge in [-0.05, 0) is 37.0 Å². The van der Waals surface area contributed by atoms with Crippen LogP contribution in [0, 0.1) is 18.8 Å². The summed E-state index contributed by atoms with van der Waals surface area (Å²) in [4.78, 5) is 23.8. The van der Waals surface area contributed by atoms with Gasteiger partial charge in [-0.15, -0.1) is 0 Å². The Bertz CT molecular complexity index is 787. The number of rotatable bonds is 8. The molecule has 2 rings (SSSR count). The molecule has 0 unspecified atom stereocenters. The number of sulfonamides is 1. The van der Waals surface area contributed by atoms with Gasteiger partial charge in [-0.2, -0.15) is 4.31 Å². The van der Waals surface area contributed by atoms with Gasteiger partial charge in [-0.1, -0.05) is 26.8 Å². The minimum Gasteiger partial charge on any atom is -0.455 e. The molecule has 1 N–H and O–H groups in total. The number of hydrogen-bond acceptors (Lipinski definition) is 5. The van der Waals surface area contributed by atoms with Gasteiger partial charge in [-0.3, -0.25) is 9.59 Å². The maximum atomic E-state index is 12.7. The highest BCUT2D eigenvalue weighted by molar-refractivity contribution is 7.89. The van der Waals surface area contributed by atoms with Crippen LogP contribution in [0.1, 0.15) is 32.8 Å². The molecule has 0 radical (unpaired) electrons. The molecule has 1 aliphatic carbocycles. The van der Waals surface area contributed by atoms with Crippen LogP contribution in [0.3, 0.4) is 0 Å². The van der Waals surface area contributed by atoms with E-state index in [1.807, 2.05) is 6.92 Å². The fourth-order valence-electron chi connectivity index (χ4n) is 2.75. The molecule has 0 saturated heterocycles. The molecule has 7 nitrogen and oxygen atoms in total. The molecule has 1 aromatic carbocycles. The molecule has 8 heteroatoms. The van der Waals surface area contributed by atoms with Crippen molar-refractivity contribution in [1.29, 1.82) is 0 Å². The molecule has 1 aliphatic rings. The first-order chi connectivity index (χ1) is 12.2. The second-order valence-corrected chi connectivity index (χ2v) is 8.45. The quantitative estimate of drug-likeness (QED) is 0.696. The minimum atomic E-state index is -3.63. The summed E-state index contributed by atoms with van der Waals surface area (Å²) >= 11 is 0. The first-order valence-electron chi connectivity index (χ1n) is 8.78. The zero-order valence-electron chi connectivity index (χ0n) is 15.6. The maximum absolute atomic E-state index is 12.7. The predicted octanol–water partition coefficient (Wildman–Crippen LogP) is 2.16. The minimum absolute atomic E-state index is 0.104. The van der Waals surface area contributed by atoms with Crippen LogP contribution in [-0.2, 0) is 24.3 Å². The van der Waals surface area contributed by atoms with Gasteiger partial charge in [0.25, 0.3) is 5.91 Å². The Hall–Kier alpha value is -1.93. The molecular formula is C18H26N2O5S. The van der Waals surface area contributed by atoms with E-state index in [1.54, 1.807) is 32.9 Å². The van der Waals surface area contributed by atoms with E-state index in [1.165, 1.54) is 10.4 Å². The van der Waals surface area contributed by atoms with Gasteiger partial charge in [0, 0.05) is 18.8 Å². The summed E-state index contributed by atoms with van der Waals surface area (Å²) in [7, 11) is -3.63. The van der Waals surface area contributed by atoms with Crippen molar-refractivity contribution in [2.24, 2.45) is 11.8 Å². The summed E-state index contributed by atoms with van der Waals surface area (Å²) < 4.78 is 31.8. The van der Waals surface area contributed by atoms with Crippen molar-refractivity contribution in [3.63, 3.8) is 0 Å². The van der Waals surface area contributed by atoms with Crippen LogP contribution < -0.4 is 5.32 Å². The lowest BCUT2D eigenvalue weighted by Gasteiger charge is -2.20. The van der Waals surface area contributed by atoms with E-state index < -0.39 is 15.9 Å². The second-order valence-electron chi connectivity index (χ2n) is 6.54. The van der Waals surface area contributed by atoms with E-state index in [0.717, 1.165) is 6.42 Å². The number of carbonyl (C=O) groups is 2. The maximum Gasteiger partial charge on any atom is 0.309 e. The molecule has 1 saturated carbocycles. The number of carbonyl (C=O) groups excluding carboxylic acids is 2. The number of nitrogens with one attached hydrogen (secondary N) is 1. The van der Waals surface area contributed by atoms with Gasteiger partial charge in [-0.25, -0.2) is 8.42 Å². The first kappa shape index (κ1) is 20.4. The summed E-state index contributed by atoms with van der Waals surface area (Å²) in [6, 6.07) is 4.70. The molecule has 26 heavy (non-hydrogen) atoms. The van der Waals surface area contributed by atoms with Crippen LogP contribution in [0.4, 0.5) is 5.69 Å². The summed E-state index contributed by atoms with van der Waals surface area (Å²) in [5.41, 5.74) is 0.950. The van der Waals surface area contributed by atoms with Crippen LogP contribution in [0.25, 0.3) is 0 Å². The zero-order valence-corrected chi connectivity index (χ0v) is 16.4. The van der Waals surface area contributed by atoms with E-state index in [4.69, 9.17) is 4.74 Å². The van der Waals surface area contributed by atoms with Gasteiger partial charge in [0.1, 0.15) is 0 Å². The third-order valence-corrected chi connectivity index (χ3v) is 6.74. The van der Waals surface area contributed by atoms with E-state index in [2.05, 4.69) is 5.32 Å². The molecule has 0 spiro atoms. The Balaban J connectivity index is 2.06. The highest BCUT2D eigenvalue weighted by Gasteiger charge is 2.40. The summed E-state index contributed by atoms with van der Waals surface area (Å²) in [5.74, 6) is -0.647. The Morgan fingerprint density at radius 1 is 1.27 bits per heavy atom. The SMILES string of the molecule is CCN(CC)S(=O)(=O)c1cc(NC(=O)COC(=O)[C@@H]2C[C@H]2C)ccc1C. The van der Waals surface area contributed by atoms with Crippen LogP contribution in [0.2, 0.25) is 0 Å². The summed E-state index contributed by atoms with van der Waals surface area (Å²) in [6.45, 7) is 7.56. The average Bonchev–Trinajstić information content (AvgIpc) is 3.32. The van der Waals surface area contributed by atoms with Crippen LogP contribution >= 0.6 is 0 Å². The zero-order chi connectivity index (χ0) is 19.5. The number of aryl methyl sites for hydroxylation is 1. The number of hydrogen-bond donors (Lipinski definition) is 1. The lowest BCUT2D eigenvalue weighted by Crippen LogP contribution is -2.31. The third kappa shape index (κ3) is 4.62. The van der Waals surface area contributed by atoms with Crippen LogP contribution in [0.5, 0.6) is 0 Å². The van der Waals surface area contributed by atoms with Crippen LogP contribution in [0.15, 0.2) is 23.1 Å². The van der Waals surface area contributed by atoms with Crippen molar-refractivity contribution in [2.75, 3.05) is 25.0 Å². The van der Waals surface area contributed by atoms with Gasteiger partial charge < -0.3 is 10.1 Å². The van der Waals surface area contributed by atoms with E-state index in [-0.39, 0.29) is 23.4 Å². The summed E-state index contributed by atoms with van der Waals surface area (Å²) in [6.07, 6.45) is 0.797. The Kier molecular flexibility index (Phi) is 6.41.